The van der Waals surface area contributed by atoms with E-state index in [-0.39, 0.29) is 0 Å². The summed E-state index contributed by atoms with van der Waals surface area (Å²) in [5.41, 5.74) is 3.97. The highest BCUT2D eigenvalue weighted by atomic mass is 32.2. The number of aryl methyl sites for hydroxylation is 2. The van der Waals surface area contributed by atoms with Crippen LogP contribution in [0.3, 0.4) is 0 Å². The minimum atomic E-state index is -3.55. The smallest absolute Gasteiger partial charge is 0.408 e. The van der Waals surface area contributed by atoms with Crippen molar-refractivity contribution in [3.8, 4) is 0 Å². The van der Waals surface area contributed by atoms with E-state index in [1.807, 2.05) is 0 Å². The predicted molar refractivity (Wildman–Crippen MR) is 132 cm³/mol. The fourth-order valence-electron chi connectivity index (χ4n) is 4.25. The van der Waals surface area contributed by atoms with E-state index in [4.69, 9.17) is 11.3 Å². The lowest BCUT2D eigenvalue weighted by Crippen LogP contribution is -2.44. The molecule has 0 bridgehead atoms. The maximum atomic E-state index is 13.2. The van der Waals surface area contributed by atoms with Gasteiger partial charge in [-0.05, 0) is 101 Å². The topological polar surface area (TPSA) is 113 Å². The van der Waals surface area contributed by atoms with E-state index in [0.29, 0.717) is 0 Å². The van der Waals surface area contributed by atoms with E-state index >= 15 is 0 Å². The predicted octanol–water partition coefficient (Wildman–Crippen LogP) is 4.82. The molecule has 0 saturated heterocycles. The van der Waals surface area contributed by atoms with Gasteiger partial charge >= 0.3 is 12.1 Å². The van der Waals surface area contributed by atoms with Gasteiger partial charge in [0.15, 0.2) is 4.47 Å². The SMILES string of the molecule is [C-]#[N+]N=S(=O)(/C=C/C(C)(C)NC(=O)OC(C)(C)C)NC(=O)Nc1c2c(cc3c1CCC3)CCC2. The first kappa shape index (κ1) is 25.6. The summed E-state index contributed by atoms with van der Waals surface area (Å²) in [6.07, 6.45) is 6.63. The second-order valence-corrected chi connectivity index (χ2v) is 12.0. The van der Waals surface area contributed by atoms with Crippen molar-refractivity contribution in [1.29, 1.82) is 0 Å². The first-order chi connectivity index (χ1) is 15.8. The molecule has 3 amide bonds. The highest BCUT2D eigenvalue weighted by Crippen LogP contribution is 2.38. The van der Waals surface area contributed by atoms with E-state index < -0.39 is 33.2 Å². The highest BCUT2D eigenvalue weighted by molar-refractivity contribution is 7.95. The molecular formula is C24H33N5O4S. The summed E-state index contributed by atoms with van der Waals surface area (Å²) in [5.74, 6) is 0. The molecule has 2 aliphatic rings. The largest absolute Gasteiger partial charge is 0.444 e. The van der Waals surface area contributed by atoms with Crippen LogP contribution in [-0.4, -0.2) is 27.5 Å². The van der Waals surface area contributed by atoms with E-state index in [1.54, 1.807) is 34.6 Å². The first-order valence-corrected chi connectivity index (χ1v) is 13.0. The molecule has 1 atom stereocenters. The number of carbonyl (C=O) groups is 2. The van der Waals surface area contributed by atoms with Crippen LogP contribution in [0.1, 0.15) is 69.7 Å². The molecule has 0 heterocycles. The molecule has 1 aromatic rings. The van der Waals surface area contributed by atoms with Crippen molar-refractivity contribution in [1.82, 2.24) is 10.0 Å². The van der Waals surface area contributed by atoms with Gasteiger partial charge in [0.25, 0.3) is 0 Å². The minimum Gasteiger partial charge on any atom is -0.444 e. The maximum Gasteiger partial charge on any atom is 0.408 e. The Kier molecular flexibility index (Phi) is 7.26. The van der Waals surface area contributed by atoms with Crippen molar-refractivity contribution in [2.75, 3.05) is 5.32 Å². The van der Waals surface area contributed by atoms with Crippen LogP contribution in [0.5, 0.6) is 0 Å². The van der Waals surface area contributed by atoms with Crippen LogP contribution in [-0.2, 0) is 40.3 Å². The Hall–Kier alpha value is -3.06. The molecule has 0 aromatic heterocycles. The Labute approximate surface area is 201 Å². The quantitative estimate of drug-likeness (QED) is 0.408. The molecule has 0 radical (unpaired) electrons. The van der Waals surface area contributed by atoms with E-state index in [1.165, 1.54) is 17.2 Å². The third kappa shape index (κ3) is 6.50. The first-order valence-electron chi connectivity index (χ1n) is 11.4. The van der Waals surface area contributed by atoms with Gasteiger partial charge in [-0.25, -0.2) is 18.5 Å². The highest BCUT2D eigenvalue weighted by Gasteiger charge is 2.27. The molecule has 184 valence electrons. The minimum absolute atomic E-state index is 0.645. The number of benzene rings is 1. The molecule has 0 saturated carbocycles. The van der Waals surface area contributed by atoms with Crippen molar-refractivity contribution >= 4 is 27.7 Å². The lowest BCUT2D eigenvalue weighted by Gasteiger charge is -2.26. The van der Waals surface area contributed by atoms with Gasteiger partial charge in [-0.1, -0.05) is 6.07 Å². The number of carbonyl (C=O) groups excluding carboxylic acids is 2. The Bertz CT molecular complexity index is 1150. The fraction of sp³-hybridized carbons (Fsp3) is 0.542. The Morgan fingerprint density at radius 1 is 1.09 bits per heavy atom. The van der Waals surface area contributed by atoms with Gasteiger partial charge in [0.05, 0.1) is 5.54 Å². The van der Waals surface area contributed by atoms with Crippen LogP contribution in [0.25, 0.3) is 4.95 Å². The molecule has 1 unspecified atom stereocenters. The molecule has 1 aromatic carbocycles. The molecule has 9 nitrogen and oxygen atoms in total. The number of fused-ring (bicyclic) bond motifs is 2. The molecule has 3 rings (SSSR count). The zero-order valence-corrected chi connectivity index (χ0v) is 21.2. The summed E-state index contributed by atoms with van der Waals surface area (Å²) in [7, 11) is -3.55. The van der Waals surface area contributed by atoms with E-state index in [2.05, 4.69) is 30.8 Å². The van der Waals surface area contributed by atoms with Crippen LogP contribution >= 0.6 is 0 Å². The van der Waals surface area contributed by atoms with Gasteiger partial charge in [0.1, 0.15) is 5.60 Å². The summed E-state index contributed by atoms with van der Waals surface area (Å²) >= 11 is 0. The van der Waals surface area contributed by atoms with E-state index in [0.717, 1.165) is 60.7 Å². The molecule has 0 spiro atoms. The Balaban J connectivity index is 1.76. The van der Waals surface area contributed by atoms with Crippen LogP contribution in [0.15, 0.2) is 22.0 Å². The number of anilines is 1. The summed E-state index contributed by atoms with van der Waals surface area (Å²) in [5, 5.41) is 6.69. The summed E-state index contributed by atoms with van der Waals surface area (Å²) in [6, 6.07) is 1.57. The van der Waals surface area contributed by atoms with Crippen molar-refractivity contribution in [2.24, 2.45) is 4.47 Å². The van der Waals surface area contributed by atoms with Crippen molar-refractivity contribution < 1.29 is 18.5 Å². The van der Waals surface area contributed by atoms with Crippen LogP contribution in [0, 0.1) is 6.57 Å². The van der Waals surface area contributed by atoms with Gasteiger partial charge < -0.3 is 15.4 Å². The molecule has 34 heavy (non-hydrogen) atoms. The monoisotopic (exact) mass is 487 g/mol. The van der Waals surface area contributed by atoms with Gasteiger partial charge in [0.2, 0.25) is 9.92 Å². The zero-order chi connectivity index (χ0) is 25.1. The van der Waals surface area contributed by atoms with Gasteiger partial charge in [0, 0.05) is 11.1 Å². The standard InChI is InChI=1S/C24H33N5O4S/c1-23(2,3)33-22(31)27-24(4,5)13-14-34(32,29-25-6)28-21(30)26-20-18-11-7-9-16(18)15-17-10-8-12-19(17)20/h13-15H,7-12H2,1-5H3,(H,27,31)(H2,26,28,29,30,32)/b14-13+. The van der Waals surface area contributed by atoms with Crippen LogP contribution < -0.4 is 15.4 Å². The second kappa shape index (κ2) is 9.66. The van der Waals surface area contributed by atoms with Gasteiger partial charge in [-0.3, -0.25) is 0 Å². The number of rotatable bonds is 5. The van der Waals surface area contributed by atoms with Gasteiger partial charge in [-0.2, -0.15) is 6.57 Å². The second-order valence-electron chi connectivity index (χ2n) is 10.2. The number of ether oxygens (including phenoxy) is 1. The Morgan fingerprint density at radius 3 is 2.21 bits per heavy atom. The lowest BCUT2D eigenvalue weighted by molar-refractivity contribution is 0.0491. The van der Waals surface area contributed by atoms with E-state index in [9.17, 15) is 13.8 Å². The van der Waals surface area contributed by atoms with Gasteiger partial charge in [-0.15, -0.1) is 4.95 Å². The number of alkyl carbamates (subject to hydrolysis) is 1. The summed E-state index contributed by atoms with van der Waals surface area (Å²) in [4.78, 5) is 27.9. The molecule has 3 N–H and O–H groups in total. The number of nitrogens with zero attached hydrogens (tertiary/aromatic N) is 2. The van der Waals surface area contributed by atoms with Crippen LogP contribution in [0.2, 0.25) is 0 Å². The number of hydrogen-bond acceptors (Lipinski definition) is 5. The Morgan fingerprint density at radius 2 is 1.68 bits per heavy atom. The van der Waals surface area contributed by atoms with Crippen molar-refractivity contribution in [3.05, 3.63) is 51.3 Å². The average molecular weight is 488 g/mol. The molecule has 10 heteroatoms. The van der Waals surface area contributed by atoms with Crippen molar-refractivity contribution in [3.63, 3.8) is 0 Å². The third-order valence-corrected chi connectivity index (χ3v) is 6.91. The number of nitrogens with one attached hydrogen (secondary N) is 3. The average Bonchev–Trinajstić information content (AvgIpc) is 3.33. The van der Waals surface area contributed by atoms with Crippen LogP contribution in [0.4, 0.5) is 15.3 Å². The summed E-state index contributed by atoms with van der Waals surface area (Å²) in [6.45, 7) is 15.6. The molecule has 2 aliphatic carbocycles. The lowest BCUT2D eigenvalue weighted by atomic mass is 9.99. The fourth-order valence-corrected chi connectivity index (χ4v) is 5.38. The normalized spacial score (nSPS) is 16.7. The number of urea groups is 1. The maximum absolute atomic E-state index is 13.2. The zero-order valence-electron chi connectivity index (χ0n) is 20.4. The van der Waals surface area contributed by atoms with Crippen molar-refractivity contribution in [2.45, 2.75) is 84.3 Å². The molecule has 0 aliphatic heterocycles. The third-order valence-electron chi connectivity index (χ3n) is 5.60. The molecular weight excluding hydrogens is 454 g/mol. The molecule has 0 fully saturated rings. The number of hydrogen-bond donors (Lipinski definition) is 3. The summed E-state index contributed by atoms with van der Waals surface area (Å²) < 4.78 is 24.3. The number of amides is 3.